The van der Waals surface area contributed by atoms with Crippen molar-refractivity contribution in [3.63, 3.8) is 0 Å². The van der Waals surface area contributed by atoms with E-state index in [1.807, 2.05) is 12.1 Å². The molecule has 5 nitrogen and oxygen atoms in total. The average molecular weight is 611 g/mol. The molecule has 2 saturated heterocycles. The zero-order valence-electron chi connectivity index (χ0n) is 26.5. The van der Waals surface area contributed by atoms with Crippen molar-refractivity contribution < 1.29 is 28.9 Å². The minimum absolute atomic E-state index is 0.0942. The largest absolute Gasteiger partial charge is 0.481 e. The Kier molecular flexibility index (Phi) is 7.93. The quantitative estimate of drug-likeness (QED) is 0.206. The summed E-state index contributed by atoms with van der Waals surface area (Å²) in [5, 5.41) is 9.83. The monoisotopic (exact) mass is 610 g/mol. The van der Waals surface area contributed by atoms with Crippen molar-refractivity contribution in [1.82, 2.24) is 0 Å². The Bertz CT molecular complexity index is 1320. The summed E-state index contributed by atoms with van der Waals surface area (Å²) >= 11 is 0. The highest BCUT2D eigenvalue weighted by Crippen LogP contribution is 2.80. The molecule has 6 rings (SSSR count). The topological polar surface area (TPSA) is 72.8 Å². The molecule has 7 heteroatoms. The first-order valence-corrected chi connectivity index (χ1v) is 18.0. The molecule has 43 heavy (non-hydrogen) atoms. The van der Waals surface area contributed by atoms with Crippen LogP contribution < -0.4 is 4.94 Å². The summed E-state index contributed by atoms with van der Waals surface area (Å²) < 4.78 is 18.5. The molecule has 2 aliphatic heterocycles. The summed E-state index contributed by atoms with van der Waals surface area (Å²) in [6.45, 7) is 10.6. The minimum Gasteiger partial charge on any atom is -0.481 e. The molecule has 5 fully saturated rings. The number of carboxylic acid groups (broad SMARTS) is 1. The predicted octanol–water partition coefficient (Wildman–Crippen LogP) is 8.38. The van der Waals surface area contributed by atoms with Crippen molar-refractivity contribution >= 4 is 19.9 Å². The maximum Gasteiger partial charge on any atom is 0.309 e. The van der Waals surface area contributed by atoms with Gasteiger partial charge in [0, 0.05) is 15.5 Å². The van der Waals surface area contributed by atoms with E-state index in [0.717, 1.165) is 24.1 Å². The zero-order chi connectivity index (χ0) is 30.8. The van der Waals surface area contributed by atoms with Gasteiger partial charge in [-0.25, -0.2) is 0 Å². The van der Waals surface area contributed by atoms with E-state index in [0.29, 0.717) is 22.9 Å². The van der Waals surface area contributed by atoms with Gasteiger partial charge in [0.05, 0.1) is 11.8 Å². The Morgan fingerprint density at radius 1 is 1.05 bits per heavy atom. The Morgan fingerprint density at radius 3 is 2.49 bits per heavy atom. The Hall–Kier alpha value is -2.12. The number of carboxylic acids is 1. The molecule has 3 saturated carbocycles. The van der Waals surface area contributed by atoms with Crippen LogP contribution in [0.4, 0.5) is 4.53 Å². The van der Waals surface area contributed by atoms with Crippen LogP contribution in [0.5, 0.6) is 5.75 Å². The fourth-order valence-electron chi connectivity index (χ4n) is 10.6. The highest BCUT2D eigenvalue weighted by atomic mass is 31.1. The number of carbonyl (C=O) groups excluding carboxylic acids is 1. The number of ether oxygens (including phenoxy) is 1. The van der Waals surface area contributed by atoms with Gasteiger partial charge in [-0.1, -0.05) is 47.0 Å². The van der Waals surface area contributed by atoms with Gasteiger partial charge in [0.2, 0.25) is 0 Å². The molecule has 0 amide bonds. The molecule has 0 spiro atoms. The molecule has 1 aromatic carbocycles. The van der Waals surface area contributed by atoms with E-state index in [-0.39, 0.29) is 48.9 Å². The van der Waals surface area contributed by atoms with E-state index >= 15 is 0 Å². The van der Waals surface area contributed by atoms with Crippen molar-refractivity contribution in [3.8, 4) is 17.6 Å². The van der Waals surface area contributed by atoms with Gasteiger partial charge in [-0.3, -0.25) is 14.5 Å². The van der Waals surface area contributed by atoms with Gasteiger partial charge in [-0.2, -0.15) is 0 Å². The maximum atomic E-state index is 12.8. The summed E-state index contributed by atoms with van der Waals surface area (Å²) in [4.78, 5) is 28.2. The van der Waals surface area contributed by atoms with Crippen LogP contribution in [0.15, 0.2) is 24.3 Å². The number of fused-ring (bicyclic) bond motifs is 7. The normalized spacial score (nSPS) is 41.5. The molecule has 0 radical (unpaired) electrons. The van der Waals surface area contributed by atoms with Crippen molar-refractivity contribution in [3.05, 3.63) is 29.8 Å². The molecular formula is C36H48FO5P. The highest BCUT2D eigenvalue weighted by molar-refractivity contribution is 7.60. The van der Waals surface area contributed by atoms with Crippen molar-refractivity contribution in [2.45, 2.75) is 116 Å². The third kappa shape index (κ3) is 5.10. The van der Waals surface area contributed by atoms with Crippen molar-refractivity contribution in [2.24, 2.45) is 39.9 Å². The number of carbonyl (C=O) groups is 2. The fourth-order valence-corrected chi connectivity index (χ4v) is 15.6. The van der Waals surface area contributed by atoms with Crippen LogP contribution in [0.25, 0.3) is 0 Å². The molecule has 5 aliphatic rings. The summed E-state index contributed by atoms with van der Waals surface area (Å²) in [7, 11) is -0.168. The van der Waals surface area contributed by atoms with Gasteiger partial charge < -0.3 is 9.84 Å². The van der Waals surface area contributed by atoms with E-state index in [9.17, 15) is 19.2 Å². The Labute approximate surface area is 257 Å². The smallest absolute Gasteiger partial charge is 0.309 e. The minimum atomic E-state index is -1.12. The molecule has 0 bridgehead atoms. The molecule has 0 aromatic heterocycles. The first kappa shape index (κ1) is 30.9. The van der Waals surface area contributed by atoms with Crippen LogP contribution in [0, 0.1) is 51.8 Å². The van der Waals surface area contributed by atoms with Gasteiger partial charge in [0.25, 0.3) is 0 Å². The first-order chi connectivity index (χ1) is 20.3. The number of benzene rings is 1. The molecule has 1 N–H and O–H groups in total. The lowest BCUT2D eigenvalue weighted by atomic mass is 9.48. The van der Waals surface area contributed by atoms with Gasteiger partial charge in [0.1, 0.15) is 6.10 Å². The molecular weight excluding hydrogens is 562 g/mol. The number of halogens is 1. The van der Waals surface area contributed by atoms with Crippen LogP contribution >= 0.6 is 7.92 Å². The molecule has 1 aromatic rings. The van der Waals surface area contributed by atoms with Crippen LogP contribution in [0.1, 0.15) is 104 Å². The van der Waals surface area contributed by atoms with Gasteiger partial charge in [-0.05, 0) is 136 Å². The van der Waals surface area contributed by atoms with Crippen molar-refractivity contribution in [2.75, 3.05) is 6.16 Å². The number of hydrogen-bond donors (Lipinski definition) is 1. The van der Waals surface area contributed by atoms with E-state index in [2.05, 4.69) is 37.6 Å². The molecule has 10 atom stereocenters. The lowest BCUT2D eigenvalue weighted by Gasteiger charge is -2.65. The third-order valence-corrected chi connectivity index (χ3v) is 17.1. The van der Waals surface area contributed by atoms with Crippen LogP contribution in [-0.2, 0) is 14.3 Å². The Morgan fingerprint density at radius 2 is 1.79 bits per heavy atom. The number of aliphatic carboxylic acids is 1. The van der Waals surface area contributed by atoms with E-state index < -0.39 is 11.4 Å². The molecule has 2 heterocycles. The second-order valence-corrected chi connectivity index (χ2v) is 18.6. The lowest BCUT2D eigenvalue weighted by Crippen LogP contribution is -2.59. The van der Waals surface area contributed by atoms with Gasteiger partial charge in [-0.15, -0.1) is 0 Å². The fraction of sp³-hybridized carbons (Fsp3) is 0.722. The summed E-state index contributed by atoms with van der Waals surface area (Å²) in [6.07, 6.45) is 11.8. The van der Waals surface area contributed by atoms with Crippen LogP contribution in [0.3, 0.4) is 0 Å². The molecule has 234 valence electrons. The van der Waals surface area contributed by atoms with E-state index in [1.165, 1.54) is 51.1 Å². The maximum absolute atomic E-state index is 12.8. The molecule has 10 unspecified atom stereocenters. The Balaban J connectivity index is 1.19. The number of hydrogen-bond acceptors (Lipinski definition) is 4. The third-order valence-electron chi connectivity index (χ3n) is 13.0. The SMILES string of the molecule is CC1C(OC(=O)CC(C)(C)C(=O)O)CCC2(C)C1CCC1(C)C2CCC2C3CCCC3(C#Cc3ccc(OF)cc3)CP21. The standard InChI is InChI=1S/C36H48FO5P/c1-23-26-15-19-35(5)30(34(26,4)18-16-28(23)41-31(38)21-33(2,3)32(39)40)13-12-29-27-7-6-17-36(27,22-43(29)35)20-14-24-8-10-25(42-37)11-9-24/h8-11,23,26-30H,6-7,12-13,15-19,21-22H2,1-5H3,(H,39,40). The van der Waals surface area contributed by atoms with E-state index in [1.54, 1.807) is 26.0 Å². The van der Waals surface area contributed by atoms with Gasteiger partial charge >= 0.3 is 11.9 Å². The first-order valence-electron chi connectivity index (χ1n) is 16.4. The summed E-state index contributed by atoms with van der Waals surface area (Å²) in [6, 6.07) is 7.00. The van der Waals surface area contributed by atoms with Gasteiger partial charge in [0.15, 0.2) is 5.75 Å². The summed E-state index contributed by atoms with van der Waals surface area (Å²) in [5.41, 5.74) is 0.971. The van der Waals surface area contributed by atoms with Crippen LogP contribution in [-0.4, -0.2) is 40.1 Å². The van der Waals surface area contributed by atoms with Crippen molar-refractivity contribution in [1.29, 1.82) is 0 Å². The molecule has 3 aliphatic carbocycles. The predicted molar refractivity (Wildman–Crippen MR) is 167 cm³/mol. The number of rotatable bonds is 5. The highest BCUT2D eigenvalue weighted by Gasteiger charge is 2.67. The van der Waals surface area contributed by atoms with E-state index in [4.69, 9.17) is 4.74 Å². The second-order valence-electron chi connectivity index (χ2n) is 15.6. The average Bonchev–Trinajstić information content (AvgIpc) is 3.51. The zero-order valence-corrected chi connectivity index (χ0v) is 27.4. The second kappa shape index (κ2) is 11.0. The van der Waals surface area contributed by atoms with Crippen LogP contribution in [0.2, 0.25) is 0 Å². The lowest BCUT2D eigenvalue weighted by molar-refractivity contribution is -0.170. The summed E-state index contributed by atoms with van der Waals surface area (Å²) in [5.74, 6) is 8.39. The number of esters is 1.